The fraction of sp³-hybridized carbons (Fsp3) is 0.950. The van der Waals surface area contributed by atoms with E-state index in [1.807, 2.05) is 0 Å². The molecule has 0 spiro atoms. The molecule has 6 heteroatoms. The van der Waals surface area contributed by atoms with E-state index in [2.05, 4.69) is 29.4 Å². The maximum atomic E-state index is 9.27. The van der Waals surface area contributed by atoms with Gasteiger partial charge in [0, 0.05) is 38.4 Å². The second-order valence-corrected chi connectivity index (χ2v) is 7.77. The average Bonchev–Trinajstić information content (AvgIpc) is 3.20. The van der Waals surface area contributed by atoms with Gasteiger partial charge >= 0.3 is 0 Å². The smallest absolute Gasteiger partial charge is 0.191 e. The largest absolute Gasteiger partial charge is 0.396 e. The Hall–Kier alpha value is -0.850. The van der Waals surface area contributed by atoms with Gasteiger partial charge in [-0.25, -0.2) is 0 Å². The van der Waals surface area contributed by atoms with Crippen LogP contribution in [0.25, 0.3) is 0 Å². The monoisotopic (exact) mass is 368 g/mol. The van der Waals surface area contributed by atoms with Crippen LogP contribution in [0.5, 0.6) is 0 Å². The van der Waals surface area contributed by atoms with Gasteiger partial charge in [-0.3, -0.25) is 9.89 Å². The molecule has 0 aromatic rings. The maximum absolute atomic E-state index is 9.27. The summed E-state index contributed by atoms with van der Waals surface area (Å²) in [5.41, 5.74) is 0.172. The summed E-state index contributed by atoms with van der Waals surface area (Å²) in [5.74, 6) is 1.42. The lowest BCUT2D eigenvalue weighted by molar-refractivity contribution is -0.0139. The van der Waals surface area contributed by atoms with Crippen LogP contribution in [-0.2, 0) is 4.74 Å². The molecule has 0 aromatic heterocycles. The normalized spacial score (nSPS) is 22.3. The number of guanidine groups is 1. The molecule has 2 rings (SSSR count). The molecular formula is C20H40N4O2. The molecule has 2 saturated heterocycles. The minimum Gasteiger partial charge on any atom is -0.396 e. The first-order chi connectivity index (χ1) is 12.7. The van der Waals surface area contributed by atoms with E-state index in [0.29, 0.717) is 5.92 Å². The van der Waals surface area contributed by atoms with Crippen molar-refractivity contribution in [2.75, 3.05) is 52.5 Å². The minimum absolute atomic E-state index is 0.172. The second-order valence-electron chi connectivity index (χ2n) is 7.77. The third kappa shape index (κ3) is 6.39. The van der Waals surface area contributed by atoms with E-state index in [0.717, 1.165) is 70.9 Å². The summed E-state index contributed by atoms with van der Waals surface area (Å²) in [5, 5.41) is 16.2. The van der Waals surface area contributed by atoms with E-state index in [1.54, 1.807) is 0 Å². The Balaban J connectivity index is 1.98. The summed E-state index contributed by atoms with van der Waals surface area (Å²) in [4.78, 5) is 7.64. The molecule has 0 radical (unpaired) electrons. The van der Waals surface area contributed by atoms with Crippen LogP contribution in [0, 0.1) is 5.92 Å². The predicted octanol–water partition coefficient (Wildman–Crippen LogP) is 1.99. The van der Waals surface area contributed by atoms with E-state index >= 15 is 0 Å². The molecule has 152 valence electrons. The predicted molar refractivity (Wildman–Crippen MR) is 108 cm³/mol. The lowest BCUT2D eigenvalue weighted by atomic mass is 9.88. The van der Waals surface area contributed by atoms with E-state index < -0.39 is 0 Å². The van der Waals surface area contributed by atoms with Gasteiger partial charge in [-0.05, 0) is 64.5 Å². The summed E-state index contributed by atoms with van der Waals surface area (Å²) in [6, 6.07) is 0. The Morgan fingerprint density at radius 1 is 1.15 bits per heavy atom. The van der Waals surface area contributed by atoms with Gasteiger partial charge in [0.2, 0.25) is 0 Å². The number of aliphatic hydroxyl groups excluding tert-OH is 1. The number of aliphatic hydroxyl groups is 1. The molecule has 0 bridgehead atoms. The van der Waals surface area contributed by atoms with Crippen molar-refractivity contribution in [2.24, 2.45) is 10.9 Å². The zero-order valence-corrected chi connectivity index (χ0v) is 16.9. The number of rotatable bonds is 10. The summed E-state index contributed by atoms with van der Waals surface area (Å²) in [6.07, 6.45) is 7.93. The molecular weight excluding hydrogens is 328 g/mol. The fourth-order valence-electron chi connectivity index (χ4n) is 4.27. The van der Waals surface area contributed by atoms with Crippen molar-refractivity contribution in [2.45, 2.75) is 64.3 Å². The molecule has 0 amide bonds. The van der Waals surface area contributed by atoms with Crippen molar-refractivity contribution in [3.05, 3.63) is 0 Å². The number of hydrogen-bond acceptors (Lipinski definition) is 4. The minimum atomic E-state index is 0.172. The second kappa shape index (κ2) is 11.8. The Bertz CT molecular complexity index is 399. The van der Waals surface area contributed by atoms with E-state index in [-0.39, 0.29) is 12.1 Å². The number of hydrogen-bond donors (Lipinski definition) is 3. The first kappa shape index (κ1) is 21.5. The molecule has 2 aliphatic heterocycles. The van der Waals surface area contributed by atoms with Crippen molar-refractivity contribution in [3.8, 4) is 0 Å². The Kier molecular flexibility index (Phi) is 9.72. The van der Waals surface area contributed by atoms with Crippen LogP contribution in [-0.4, -0.2) is 74.0 Å². The van der Waals surface area contributed by atoms with Crippen molar-refractivity contribution in [3.63, 3.8) is 0 Å². The Labute approximate surface area is 159 Å². The Morgan fingerprint density at radius 2 is 1.88 bits per heavy atom. The van der Waals surface area contributed by atoms with Gasteiger partial charge in [0.15, 0.2) is 5.96 Å². The SMILES string of the molecule is CCCC(CCO)CNC(=NCC1(N2CCCC2)CCOCC1)NCC. The van der Waals surface area contributed by atoms with Gasteiger partial charge in [0.05, 0.1) is 6.54 Å². The lowest BCUT2D eigenvalue weighted by Crippen LogP contribution is -2.54. The molecule has 6 nitrogen and oxygen atoms in total. The topological polar surface area (TPSA) is 69.1 Å². The van der Waals surface area contributed by atoms with Gasteiger partial charge in [-0.1, -0.05) is 13.3 Å². The van der Waals surface area contributed by atoms with Crippen LogP contribution < -0.4 is 10.6 Å². The van der Waals surface area contributed by atoms with Crippen LogP contribution in [0.1, 0.15) is 58.8 Å². The molecule has 2 heterocycles. The molecule has 2 aliphatic rings. The van der Waals surface area contributed by atoms with Crippen molar-refractivity contribution in [1.82, 2.24) is 15.5 Å². The maximum Gasteiger partial charge on any atom is 0.191 e. The number of nitrogens with one attached hydrogen (secondary N) is 2. The fourth-order valence-corrected chi connectivity index (χ4v) is 4.27. The Morgan fingerprint density at radius 3 is 2.50 bits per heavy atom. The first-order valence-corrected chi connectivity index (χ1v) is 10.7. The van der Waals surface area contributed by atoms with E-state index in [9.17, 15) is 5.11 Å². The molecule has 26 heavy (non-hydrogen) atoms. The van der Waals surface area contributed by atoms with Gasteiger partial charge < -0.3 is 20.5 Å². The molecule has 1 atom stereocenters. The highest BCUT2D eigenvalue weighted by molar-refractivity contribution is 5.79. The first-order valence-electron chi connectivity index (χ1n) is 10.7. The third-order valence-corrected chi connectivity index (χ3v) is 5.87. The summed E-state index contributed by atoms with van der Waals surface area (Å²) < 4.78 is 5.64. The highest BCUT2D eigenvalue weighted by atomic mass is 16.5. The van der Waals surface area contributed by atoms with E-state index in [4.69, 9.17) is 9.73 Å². The van der Waals surface area contributed by atoms with Crippen LogP contribution in [0.4, 0.5) is 0 Å². The van der Waals surface area contributed by atoms with Crippen molar-refractivity contribution in [1.29, 1.82) is 0 Å². The molecule has 2 fully saturated rings. The summed E-state index contributed by atoms with van der Waals surface area (Å²) >= 11 is 0. The zero-order valence-electron chi connectivity index (χ0n) is 16.9. The summed E-state index contributed by atoms with van der Waals surface area (Å²) in [6.45, 7) is 11.3. The quantitative estimate of drug-likeness (QED) is 0.406. The number of nitrogens with zero attached hydrogens (tertiary/aromatic N) is 2. The molecule has 0 saturated carbocycles. The highest BCUT2D eigenvalue weighted by Crippen LogP contribution is 2.31. The van der Waals surface area contributed by atoms with Crippen molar-refractivity contribution < 1.29 is 9.84 Å². The van der Waals surface area contributed by atoms with Gasteiger partial charge in [-0.2, -0.15) is 0 Å². The van der Waals surface area contributed by atoms with Gasteiger partial charge in [0.25, 0.3) is 0 Å². The third-order valence-electron chi connectivity index (χ3n) is 5.87. The van der Waals surface area contributed by atoms with Crippen LogP contribution in [0.15, 0.2) is 4.99 Å². The van der Waals surface area contributed by atoms with Crippen LogP contribution in [0.2, 0.25) is 0 Å². The molecule has 0 aromatic carbocycles. The highest BCUT2D eigenvalue weighted by Gasteiger charge is 2.39. The summed E-state index contributed by atoms with van der Waals surface area (Å²) in [7, 11) is 0. The van der Waals surface area contributed by atoms with Crippen LogP contribution >= 0.6 is 0 Å². The number of aliphatic imine (C=N–C) groups is 1. The molecule has 0 aliphatic carbocycles. The van der Waals surface area contributed by atoms with Gasteiger partial charge in [0.1, 0.15) is 0 Å². The zero-order chi connectivity index (χ0) is 18.7. The number of ether oxygens (including phenoxy) is 1. The van der Waals surface area contributed by atoms with Crippen LogP contribution in [0.3, 0.4) is 0 Å². The van der Waals surface area contributed by atoms with Crippen molar-refractivity contribution >= 4 is 5.96 Å². The van der Waals surface area contributed by atoms with Gasteiger partial charge in [-0.15, -0.1) is 0 Å². The lowest BCUT2D eigenvalue weighted by Gasteiger charge is -2.43. The number of likely N-dealkylation sites (tertiary alicyclic amines) is 1. The van der Waals surface area contributed by atoms with E-state index in [1.165, 1.54) is 25.9 Å². The molecule has 3 N–H and O–H groups in total. The standard InChI is InChI=1S/C20H40N4O2/c1-3-7-18(8-13-25)16-22-19(21-4-2)23-17-20(9-14-26-15-10-20)24-11-5-6-12-24/h18,25H,3-17H2,1-2H3,(H2,21,22,23). The average molecular weight is 369 g/mol. The molecule has 1 unspecified atom stereocenters.